The fraction of sp³-hybridized carbons (Fsp3) is 0.357. The number of nitrogens with zero attached hydrogens (tertiary/aromatic N) is 1. The average Bonchev–Trinajstić information content (AvgIpc) is 2.26. The summed E-state index contributed by atoms with van der Waals surface area (Å²) in [6.07, 6.45) is 0. The molecule has 1 rings (SSSR count). The van der Waals surface area contributed by atoms with Crippen molar-refractivity contribution < 1.29 is 14.7 Å². The molecule has 1 unspecified atom stereocenters. The number of carboxylic acids is 1. The van der Waals surface area contributed by atoms with Crippen LogP contribution in [0, 0.1) is 22.7 Å². The normalized spacial score (nSPS) is 12.3. The summed E-state index contributed by atoms with van der Waals surface area (Å²) in [5, 5.41) is 20.4. The van der Waals surface area contributed by atoms with Crippen molar-refractivity contribution in [2.24, 2.45) is 11.3 Å². The first-order valence-corrected chi connectivity index (χ1v) is 5.79. The summed E-state index contributed by atoms with van der Waals surface area (Å²) in [4.78, 5) is 23.2. The van der Waals surface area contributed by atoms with Crippen LogP contribution in [0.25, 0.3) is 0 Å². The van der Waals surface area contributed by atoms with Crippen molar-refractivity contribution in [2.45, 2.75) is 20.8 Å². The fourth-order valence-electron chi connectivity index (χ4n) is 1.76. The van der Waals surface area contributed by atoms with Crippen molar-refractivity contribution >= 4 is 17.6 Å². The zero-order chi connectivity index (χ0) is 14.6. The van der Waals surface area contributed by atoms with Crippen LogP contribution < -0.4 is 5.32 Å². The largest absolute Gasteiger partial charge is 0.481 e. The highest BCUT2D eigenvalue weighted by Crippen LogP contribution is 2.27. The topological polar surface area (TPSA) is 90.2 Å². The lowest BCUT2D eigenvalue weighted by molar-refractivity contribution is -0.149. The molecule has 0 heterocycles. The van der Waals surface area contributed by atoms with Gasteiger partial charge in [0.15, 0.2) is 0 Å². The molecule has 1 atom stereocenters. The number of hydrogen-bond acceptors (Lipinski definition) is 3. The summed E-state index contributed by atoms with van der Waals surface area (Å²) >= 11 is 0. The smallest absolute Gasteiger partial charge is 0.316 e. The molecule has 0 aliphatic carbocycles. The van der Waals surface area contributed by atoms with E-state index in [-0.39, 0.29) is 0 Å². The maximum atomic E-state index is 12.0. The monoisotopic (exact) mass is 260 g/mol. The summed E-state index contributed by atoms with van der Waals surface area (Å²) < 4.78 is 0. The van der Waals surface area contributed by atoms with Gasteiger partial charge in [-0.3, -0.25) is 9.59 Å². The van der Waals surface area contributed by atoms with E-state index < -0.39 is 23.2 Å². The van der Waals surface area contributed by atoms with E-state index in [0.717, 1.165) is 0 Å². The zero-order valence-corrected chi connectivity index (χ0v) is 11.1. The Morgan fingerprint density at radius 2 is 2.00 bits per heavy atom. The molecule has 0 aliphatic heterocycles. The standard InChI is InChI=1S/C14H16N2O3/c1-14(2,3)11(13(18)19)12(17)16-10-6-4-5-9(7-10)8-15/h4-7,11H,1-3H3,(H,16,17)(H,18,19). The summed E-state index contributed by atoms with van der Waals surface area (Å²) in [6, 6.07) is 8.30. The van der Waals surface area contributed by atoms with E-state index >= 15 is 0 Å². The van der Waals surface area contributed by atoms with Gasteiger partial charge in [-0.25, -0.2) is 0 Å². The molecular weight excluding hydrogens is 244 g/mol. The first-order chi connectivity index (χ1) is 8.75. The summed E-state index contributed by atoms with van der Waals surface area (Å²) in [5.41, 5.74) is 0.128. The lowest BCUT2D eigenvalue weighted by Gasteiger charge is -2.25. The van der Waals surface area contributed by atoms with Crippen molar-refractivity contribution in [3.63, 3.8) is 0 Å². The Kier molecular flexibility index (Phi) is 4.28. The fourth-order valence-corrected chi connectivity index (χ4v) is 1.76. The minimum atomic E-state index is -1.17. The van der Waals surface area contributed by atoms with E-state index in [9.17, 15) is 9.59 Å². The maximum absolute atomic E-state index is 12.0. The number of nitriles is 1. The van der Waals surface area contributed by atoms with Crippen LogP contribution in [0.2, 0.25) is 0 Å². The van der Waals surface area contributed by atoms with E-state index in [1.807, 2.05) is 6.07 Å². The minimum Gasteiger partial charge on any atom is -0.481 e. The van der Waals surface area contributed by atoms with Gasteiger partial charge in [0.25, 0.3) is 0 Å². The van der Waals surface area contributed by atoms with Gasteiger partial charge in [0.2, 0.25) is 5.91 Å². The van der Waals surface area contributed by atoms with Crippen molar-refractivity contribution in [2.75, 3.05) is 5.32 Å². The van der Waals surface area contributed by atoms with Crippen molar-refractivity contribution in [3.05, 3.63) is 29.8 Å². The second kappa shape index (κ2) is 5.53. The Morgan fingerprint density at radius 3 is 2.47 bits per heavy atom. The maximum Gasteiger partial charge on any atom is 0.316 e. The van der Waals surface area contributed by atoms with Gasteiger partial charge < -0.3 is 10.4 Å². The second-order valence-corrected chi connectivity index (χ2v) is 5.32. The molecular formula is C14H16N2O3. The van der Waals surface area contributed by atoms with Gasteiger partial charge in [0.05, 0.1) is 11.6 Å². The van der Waals surface area contributed by atoms with Crippen LogP contribution in [-0.2, 0) is 9.59 Å². The Balaban J connectivity index is 2.95. The number of hydrogen-bond donors (Lipinski definition) is 2. The molecule has 0 aromatic heterocycles. The number of carbonyl (C=O) groups is 2. The number of benzene rings is 1. The van der Waals surface area contributed by atoms with Gasteiger partial charge in [-0.1, -0.05) is 26.8 Å². The van der Waals surface area contributed by atoms with Gasteiger partial charge in [-0.05, 0) is 23.6 Å². The van der Waals surface area contributed by atoms with Gasteiger partial charge in [0.1, 0.15) is 5.92 Å². The van der Waals surface area contributed by atoms with E-state index in [2.05, 4.69) is 5.32 Å². The van der Waals surface area contributed by atoms with Gasteiger partial charge in [-0.2, -0.15) is 5.26 Å². The molecule has 0 saturated carbocycles. The van der Waals surface area contributed by atoms with E-state index in [1.165, 1.54) is 6.07 Å². The van der Waals surface area contributed by atoms with E-state index in [1.54, 1.807) is 39.0 Å². The second-order valence-electron chi connectivity index (χ2n) is 5.32. The highest BCUT2D eigenvalue weighted by Gasteiger charge is 2.37. The highest BCUT2D eigenvalue weighted by atomic mass is 16.4. The predicted molar refractivity (Wildman–Crippen MR) is 70.4 cm³/mol. The van der Waals surface area contributed by atoms with Crippen LogP contribution in [-0.4, -0.2) is 17.0 Å². The SMILES string of the molecule is CC(C)(C)C(C(=O)O)C(=O)Nc1cccc(C#N)c1. The molecule has 2 N–H and O–H groups in total. The van der Waals surface area contributed by atoms with Gasteiger partial charge in [-0.15, -0.1) is 0 Å². The van der Waals surface area contributed by atoms with Crippen LogP contribution in [0.5, 0.6) is 0 Å². The molecule has 1 amide bonds. The van der Waals surface area contributed by atoms with E-state index in [0.29, 0.717) is 11.3 Å². The number of aliphatic carboxylic acids is 1. The average molecular weight is 260 g/mol. The Morgan fingerprint density at radius 1 is 1.37 bits per heavy atom. The number of nitrogens with one attached hydrogen (secondary N) is 1. The molecule has 5 nitrogen and oxygen atoms in total. The Hall–Kier alpha value is -2.35. The van der Waals surface area contributed by atoms with Crippen molar-refractivity contribution in [1.29, 1.82) is 5.26 Å². The third-order valence-corrected chi connectivity index (χ3v) is 2.63. The zero-order valence-electron chi connectivity index (χ0n) is 11.1. The van der Waals surface area contributed by atoms with Gasteiger partial charge >= 0.3 is 5.97 Å². The first-order valence-electron chi connectivity index (χ1n) is 5.79. The molecule has 0 radical (unpaired) electrons. The van der Waals surface area contributed by atoms with Crippen LogP contribution in [0.1, 0.15) is 26.3 Å². The molecule has 0 fully saturated rings. The predicted octanol–water partition coefficient (Wildman–Crippen LogP) is 2.24. The molecule has 19 heavy (non-hydrogen) atoms. The number of carboxylic acid groups (broad SMARTS) is 1. The lowest BCUT2D eigenvalue weighted by atomic mass is 9.80. The number of anilines is 1. The number of amides is 1. The molecule has 0 spiro atoms. The summed E-state index contributed by atoms with van der Waals surface area (Å²) in [5.74, 6) is -2.91. The van der Waals surface area contributed by atoms with Crippen LogP contribution in [0.15, 0.2) is 24.3 Å². The van der Waals surface area contributed by atoms with Crippen LogP contribution >= 0.6 is 0 Å². The van der Waals surface area contributed by atoms with Crippen LogP contribution in [0.4, 0.5) is 5.69 Å². The van der Waals surface area contributed by atoms with Crippen molar-refractivity contribution in [1.82, 2.24) is 0 Å². The third-order valence-electron chi connectivity index (χ3n) is 2.63. The van der Waals surface area contributed by atoms with Gasteiger partial charge in [0, 0.05) is 5.69 Å². The van der Waals surface area contributed by atoms with Crippen LogP contribution in [0.3, 0.4) is 0 Å². The highest BCUT2D eigenvalue weighted by molar-refractivity contribution is 6.04. The lowest BCUT2D eigenvalue weighted by Crippen LogP contribution is -2.39. The van der Waals surface area contributed by atoms with Crippen molar-refractivity contribution in [3.8, 4) is 6.07 Å². The molecule has 100 valence electrons. The first kappa shape index (κ1) is 14.7. The molecule has 5 heteroatoms. The molecule has 1 aromatic rings. The summed E-state index contributed by atoms with van der Waals surface area (Å²) in [7, 11) is 0. The third kappa shape index (κ3) is 3.81. The Labute approximate surface area is 111 Å². The number of carbonyl (C=O) groups excluding carboxylic acids is 1. The minimum absolute atomic E-state index is 0.403. The molecule has 0 saturated heterocycles. The van der Waals surface area contributed by atoms with E-state index in [4.69, 9.17) is 10.4 Å². The quantitative estimate of drug-likeness (QED) is 0.815. The molecule has 0 aliphatic rings. The summed E-state index contributed by atoms with van der Waals surface area (Å²) in [6.45, 7) is 5.07. The molecule has 1 aromatic carbocycles. The number of rotatable bonds is 3. The Bertz CT molecular complexity index is 538. The molecule has 0 bridgehead atoms.